The number of carbonyl (C=O) groups is 3. The minimum atomic E-state index is -0.796. The van der Waals surface area contributed by atoms with Crippen molar-refractivity contribution in [1.82, 2.24) is 5.32 Å². The number of rotatable bonds is 5. The molecule has 33 heavy (non-hydrogen) atoms. The van der Waals surface area contributed by atoms with Gasteiger partial charge in [-0.3, -0.25) is 14.9 Å². The summed E-state index contributed by atoms with van der Waals surface area (Å²) in [4.78, 5) is 39.3. The van der Waals surface area contributed by atoms with Crippen LogP contribution in [0.25, 0.3) is 6.08 Å². The lowest BCUT2D eigenvalue weighted by molar-refractivity contribution is -0.122. The highest BCUT2D eigenvalue weighted by Crippen LogP contribution is 2.29. The molecule has 1 N–H and O–H groups in total. The molecule has 6 nitrogen and oxygen atoms in total. The molecule has 0 radical (unpaired) electrons. The van der Waals surface area contributed by atoms with Crippen LogP contribution in [-0.4, -0.2) is 17.8 Å². The van der Waals surface area contributed by atoms with Crippen molar-refractivity contribution in [2.75, 3.05) is 4.90 Å². The zero-order valence-electron chi connectivity index (χ0n) is 17.5. The number of para-hydroxylation sites is 1. The van der Waals surface area contributed by atoms with E-state index in [1.54, 1.807) is 55.5 Å². The molecule has 166 valence electrons. The number of hydrogen-bond acceptors (Lipinski definition) is 4. The highest BCUT2D eigenvalue weighted by Gasteiger charge is 2.37. The van der Waals surface area contributed by atoms with Gasteiger partial charge in [0, 0.05) is 20.6 Å². The second kappa shape index (κ2) is 9.60. The summed E-state index contributed by atoms with van der Waals surface area (Å²) in [6.07, 6.45) is 1.42. The van der Waals surface area contributed by atoms with Crippen LogP contribution in [-0.2, 0) is 16.2 Å². The number of benzene rings is 3. The Morgan fingerprint density at radius 1 is 1.03 bits per heavy atom. The standard InChI is InChI=1S/C25H18BrClN2O4/c1-15-12-18(26)10-11-21(15)29-24(31)19(23(30)28-25(29)32)13-16-6-3-5-9-22(16)33-14-17-7-2-4-8-20(17)27/h2-13H,14H2,1H3,(H,28,30,32)/b19-13-. The fourth-order valence-corrected chi connectivity index (χ4v) is 4.07. The van der Waals surface area contributed by atoms with E-state index in [-0.39, 0.29) is 12.2 Å². The first-order chi connectivity index (χ1) is 15.8. The van der Waals surface area contributed by atoms with E-state index in [2.05, 4.69) is 21.2 Å². The number of imide groups is 2. The van der Waals surface area contributed by atoms with E-state index in [1.807, 2.05) is 18.2 Å². The molecule has 0 saturated carbocycles. The van der Waals surface area contributed by atoms with Crippen LogP contribution in [0.2, 0.25) is 5.02 Å². The van der Waals surface area contributed by atoms with Crippen LogP contribution >= 0.6 is 27.5 Å². The molecule has 1 heterocycles. The number of anilines is 1. The van der Waals surface area contributed by atoms with Crippen LogP contribution in [0.5, 0.6) is 5.75 Å². The molecular weight excluding hydrogens is 508 g/mol. The maximum absolute atomic E-state index is 13.2. The Morgan fingerprint density at radius 3 is 2.52 bits per heavy atom. The van der Waals surface area contributed by atoms with Gasteiger partial charge in [0.1, 0.15) is 17.9 Å². The first-order valence-electron chi connectivity index (χ1n) is 9.98. The minimum absolute atomic E-state index is 0.175. The van der Waals surface area contributed by atoms with Gasteiger partial charge in [-0.05, 0) is 48.9 Å². The highest BCUT2D eigenvalue weighted by atomic mass is 79.9. The Labute approximate surface area is 203 Å². The Bertz CT molecular complexity index is 1310. The number of halogens is 2. The molecule has 0 unspecified atom stereocenters. The zero-order valence-corrected chi connectivity index (χ0v) is 19.8. The van der Waals surface area contributed by atoms with Gasteiger partial charge in [0.2, 0.25) is 0 Å². The molecule has 3 aromatic carbocycles. The van der Waals surface area contributed by atoms with Crippen LogP contribution in [0.15, 0.2) is 76.8 Å². The van der Waals surface area contributed by atoms with Crippen LogP contribution in [0.3, 0.4) is 0 Å². The Hall–Kier alpha value is -3.42. The summed E-state index contributed by atoms with van der Waals surface area (Å²) < 4.78 is 6.73. The van der Waals surface area contributed by atoms with E-state index in [4.69, 9.17) is 16.3 Å². The van der Waals surface area contributed by atoms with Crippen molar-refractivity contribution in [2.24, 2.45) is 0 Å². The summed E-state index contributed by atoms with van der Waals surface area (Å²) in [5.41, 5.74) is 2.23. The molecule has 0 spiro atoms. The lowest BCUT2D eigenvalue weighted by Gasteiger charge is -2.27. The van der Waals surface area contributed by atoms with Gasteiger partial charge in [-0.15, -0.1) is 0 Å². The van der Waals surface area contributed by atoms with Gasteiger partial charge in [0.25, 0.3) is 11.8 Å². The first kappa shape index (κ1) is 22.8. The van der Waals surface area contributed by atoms with Gasteiger partial charge < -0.3 is 4.74 Å². The molecule has 1 aliphatic rings. The van der Waals surface area contributed by atoms with Crippen molar-refractivity contribution in [2.45, 2.75) is 13.5 Å². The Morgan fingerprint density at radius 2 is 1.76 bits per heavy atom. The van der Waals surface area contributed by atoms with E-state index in [9.17, 15) is 14.4 Å². The number of ether oxygens (including phenoxy) is 1. The molecule has 4 rings (SSSR count). The normalized spacial score (nSPS) is 15.1. The first-order valence-corrected chi connectivity index (χ1v) is 11.1. The van der Waals surface area contributed by atoms with Crippen molar-refractivity contribution >= 4 is 57.1 Å². The van der Waals surface area contributed by atoms with Crippen LogP contribution in [0.1, 0.15) is 16.7 Å². The van der Waals surface area contributed by atoms with E-state index >= 15 is 0 Å². The molecule has 0 aromatic heterocycles. The number of barbiturate groups is 1. The Kier molecular flexibility index (Phi) is 6.62. The number of aryl methyl sites for hydroxylation is 1. The summed E-state index contributed by atoms with van der Waals surface area (Å²) in [6.45, 7) is 1.99. The molecule has 1 saturated heterocycles. The zero-order chi connectivity index (χ0) is 23.5. The van der Waals surface area contributed by atoms with Gasteiger partial charge in [-0.2, -0.15) is 0 Å². The second-order valence-corrected chi connectivity index (χ2v) is 8.63. The van der Waals surface area contributed by atoms with E-state index in [0.29, 0.717) is 27.6 Å². The van der Waals surface area contributed by atoms with Gasteiger partial charge >= 0.3 is 6.03 Å². The number of nitrogens with zero attached hydrogens (tertiary/aromatic N) is 1. The van der Waals surface area contributed by atoms with Crippen molar-refractivity contribution in [3.05, 3.63) is 98.5 Å². The number of urea groups is 1. The smallest absolute Gasteiger partial charge is 0.335 e. The van der Waals surface area contributed by atoms with Gasteiger partial charge in [0.05, 0.1) is 5.69 Å². The van der Waals surface area contributed by atoms with E-state index in [1.165, 1.54) is 6.08 Å². The molecule has 4 amide bonds. The predicted molar refractivity (Wildman–Crippen MR) is 130 cm³/mol. The second-order valence-electron chi connectivity index (χ2n) is 7.31. The average molecular weight is 526 g/mol. The molecule has 0 bridgehead atoms. The summed E-state index contributed by atoms with van der Waals surface area (Å²) >= 11 is 9.57. The summed E-state index contributed by atoms with van der Waals surface area (Å²) in [6, 6.07) is 18.7. The molecular formula is C25H18BrClN2O4. The fourth-order valence-electron chi connectivity index (χ4n) is 3.40. The van der Waals surface area contributed by atoms with Gasteiger partial charge in [-0.1, -0.05) is 63.9 Å². The van der Waals surface area contributed by atoms with Gasteiger partial charge in [0.15, 0.2) is 0 Å². The highest BCUT2D eigenvalue weighted by molar-refractivity contribution is 9.10. The largest absolute Gasteiger partial charge is 0.488 e. The number of nitrogens with one attached hydrogen (secondary N) is 1. The van der Waals surface area contributed by atoms with Crippen LogP contribution in [0, 0.1) is 6.92 Å². The molecule has 0 aliphatic carbocycles. The number of amides is 4. The Balaban J connectivity index is 1.67. The molecule has 0 atom stereocenters. The maximum atomic E-state index is 13.2. The summed E-state index contributed by atoms with van der Waals surface area (Å²) in [7, 11) is 0. The molecule has 1 aliphatic heterocycles. The minimum Gasteiger partial charge on any atom is -0.488 e. The maximum Gasteiger partial charge on any atom is 0.335 e. The van der Waals surface area contributed by atoms with Crippen LogP contribution < -0.4 is 15.0 Å². The van der Waals surface area contributed by atoms with Crippen molar-refractivity contribution in [3.8, 4) is 5.75 Å². The van der Waals surface area contributed by atoms with E-state index in [0.717, 1.165) is 14.9 Å². The predicted octanol–water partition coefficient (Wildman–Crippen LogP) is 5.66. The third-order valence-electron chi connectivity index (χ3n) is 5.06. The van der Waals surface area contributed by atoms with Crippen molar-refractivity contribution in [1.29, 1.82) is 0 Å². The van der Waals surface area contributed by atoms with Crippen LogP contribution in [0.4, 0.5) is 10.5 Å². The third-order valence-corrected chi connectivity index (χ3v) is 5.92. The lowest BCUT2D eigenvalue weighted by Crippen LogP contribution is -2.54. The van der Waals surface area contributed by atoms with Gasteiger partial charge in [-0.25, -0.2) is 9.69 Å². The lowest BCUT2D eigenvalue weighted by atomic mass is 10.0. The third kappa shape index (κ3) is 4.84. The molecule has 8 heteroatoms. The number of hydrogen-bond donors (Lipinski definition) is 1. The monoisotopic (exact) mass is 524 g/mol. The van der Waals surface area contributed by atoms with Crippen molar-refractivity contribution in [3.63, 3.8) is 0 Å². The number of carbonyl (C=O) groups excluding carboxylic acids is 3. The average Bonchev–Trinajstić information content (AvgIpc) is 2.78. The molecule has 3 aromatic rings. The van der Waals surface area contributed by atoms with E-state index < -0.39 is 17.8 Å². The SMILES string of the molecule is Cc1cc(Br)ccc1N1C(=O)NC(=O)/C(=C/c2ccccc2OCc2ccccc2Cl)C1=O. The topological polar surface area (TPSA) is 75.7 Å². The fraction of sp³-hybridized carbons (Fsp3) is 0.0800. The quantitative estimate of drug-likeness (QED) is 0.345. The van der Waals surface area contributed by atoms with Crippen molar-refractivity contribution < 1.29 is 19.1 Å². The summed E-state index contributed by atoms with van der Waals surface area (Å²) in [5.74, 6) is -1.01. The summed E-state index contributed by atoms with van der Waals surface area (Å²) in [5, 5.41) is 2.82. The molecule has 1 fully saturated rings.